The van der Waals surface area contributed by atoms with E-state index in [-0.39, 0.29) is 0 Å². The molecule has 1 N–H and O–H groups in total. The third-order valence-electron chi connectivity index (χ3n) is 2.36. The second-order valence-electron chi connectivity index (χ2n) is 3.16. The van der Waals surface area contributed by atoms with Crippen molar-refractivity contribution in [1.29, 1.82) is 0 Å². The van der Waals surface area contributed by atoms with Gasteiger partial charge in [-0.1, -0.05) is 19.8 Å². The fraction of sp³-hybridized carbons (Fsp3) is 1.00. The molecule has 0 aliphatic rings. The Balaban J connectivity index is 3.51. The minimum atomic E-state index is -1.46. The van der Waals surface area contributed by atoms with Crippen LogP contribution in [0.2, 0.25) is 0 Å². The average molecular weight is 177 g/mol. The lowest BCUT2D eigenvalue weighted by Gasteiger charge is -2.15. The van der Waals surface area contributed by atoms with Crippen LogP contribution in [0.3, 0.4) is 0 Å². The first kappa shape index (κ1) is 11.4. The van der Waals surface area contributed by atoms with E-state index in [0.29, 0.717) is 0 Å². The van der Waals surface area contributed by atoms with Gasteiger partial charge >= 0.3 is 0 Å². The summed E-state index contributed by atoms with van der Waals surface area (Å²) in [7, 11) is -1.46. The Labute approximate surface area is 71.6 Å². The Bertz CT molecular complexity index is 89.6. The molecular weight excluding hydrogens is 155 g/mol. The van der Waals surface area contributed by atoms with Gasteiger partial charge in [0.1, 0.15) is 7.49 Å². The maximum atomic E-state index is 9.97. The van der Waals surface area contributed by atoms with Crippen LogP contribution in [0.4, 0.5) is 0 Å². The lowest BCUT2D eigenvalue weighted by Crippen LogP contribution is -2.03. The van der Waals surface area contributed by atoms with Crippen LogP contribution in [0.15, 0.2) is 0 Å². The number of unbranched alkanes of at least 4 members (excludes halogenated alkanes) is 2. The summed E-state index contributed by atoms with van der Waals surface area (Å²) < 4.78 is 0. The zero-order valence-corrected chi connectivity index (χ0v) is 9.03. The van der Waals surface area contributed by atoms with Crippen LogP contribution in [0.5, 0.6) is 0 Å². The normalized spacial score (nSPS) is 12.0. The smallest absolute Gasteiger partial charge is 0.141 e. The molecule has 0 saturated carbocycles. The molecule has 0 unspecified atom stereocenters. The van der Waals surface area contributed by atoms with Crippen LogP contribution in [0.1, 0.15) is 40.0 Å². The lowest BCUT2D eigenvalue weighted by molar-refractivity contribution is 0.592. The summed E-state index contributed by atoms with van der Waals surface area (Å²) >= 11 is 0. The molecule has 1 nitrogen and oxygen atoms in total. The highest BCUT2D eigenvalue weighted by Gasteiger charge is 2.29. The van der Waals surface area contributed by atoms with Crippen LogP contribution in [0.25, 0.3) is 0 Å². The predicted molar refractivity (Wildman–Crippen MR) is 54.6 cm³/mol. The molecule has 11 heavy (non-hydrogen) atoms. The maximum absolute atomic E-state index is 9.97. The van der Waals surface area contributed by atoms with Gasteiger partial charge in [0.15, 0.2) is 0 Å². The fourth-order valence-corrected chi connectivity index (χ4v) is 3.09. The Hall–Kier alpha value is 0.390. The van der Waals surface area contributed by atoms with Crippen LogP contribution in [-0.2, 0) is 0 Å². The van der Waals surface area contributed by atoms with Crippen molar-refractivity contribution in [2.45, 2.75) is 40.0 Å². The fourth-order valence-electron chi connectivity index (χ4n) is 1.20. The van der Waals surface area contributed by atoms with E-state index in [9.17, 15) is 4.89 Å². The summed E-state index contributed by atoms with van der Waals surface area (Å²) in [5.74, 6) is 0. The molecule has 68 valence electrons. The van der Waals surface area contributed by atoms with Crippen LogP contribution >= 0.6 is 7.49 Å². The summed E-state index contributed by atoms with van der Waals surface area (Å²) in [5, 5.41) is 0. The molecule has 0 fully saturated rings. The van der Waals surface area contributed by atoms with Crippen LogP contribution in [0, 0.1) is 0 Å². The average Bonchev–Trinajstić information content (AvgIpc) is 2.05. The Kier molecular flexibility index (Phi) is 6.18. The van der Waals surface area contributed by atoms with Gasteiger partial charge in [-0.2, -0.15) is 0 Å². The second-order valence-corrected chi connectivity index (χ2v) is 7.06. The first-order valence-electron chi connectivity index (χ1n) is 4.77. The molecule has 0 rings (SSSR count). The summed E-state index contributed by atoms with van der Waals surface area (Å²) in [6, 6.07) is 0. The molecule has 0 aromatic carbocycles. The Morgan fingerprint density at radius 2 is 1.55 bits per heavy atom. The van der Waals surface area contributed by atoms with E-state index < -0.39 is 7.49 Å². The molecule has 0 saturated heterocycles. The molecule has 0 aromatic rings. The molecule has 0 bridgehead atoms. The first-order chi connectivity index (χ1) is 5.18. The summed E-state index contributed by atoms with van der Waals surface area (Å²) in [6.07, 6.45) is 6.87. The topological polar surface area (TPSA) is 20.2 Å². The van der Waals surface area contributed by atoms with E-state index in [1.807, 2.05) is 0 Å². The summed E-state index contributed by atoms with van der Waals surface area (Å²) in [5.41, 5.74) is 0. The number of hydrogen-bond donors (Lipinski definition) is 1. The van der Waals surface area contributed by atoms with Crippen molar-refractivity contribution in [3.63, 3.8) is 0 Å². The van der Waals surface area contributed by atoms with Crippen molar-refractivity contribution in [1.82, 2.24) is 0 Å². The molecule has 0 aliphatic heterocycles. The van der Waals surface area contributed by atoms with E-state index in [1.54, 1.807) is 0 Å². The standard InChI is InChI=1S/C9H22OP/c1-4-7-8-9-11(10,5-2)6-3/h10H,4-9H2,1-3H3/q+1. The Morgan fingerprint density at radius 3 is 1.91 bits per heavy atom. The molecule has 2 heteroatoms. The van der Waals surface area contributed by atoms with Crippen molar-refractivity contribution in [3.8, 4) is 0 Å². The lowest BCUT2D eigenvalue weighted by atomic mass is 10.3. The number of hydrogen-bond acceptors (Lipinski definition) is 1. The second kappa shape index (κ2) is 5.97. The summed E-state index contributed by atoms with van der Waals surface area (Å²) in [4.78, 5) is 9.97. The maximum Gasteiger partial charge on any atom is 0.141 e. The van der Waals surface area contributed by atoms with Gasteiger partial charge in [-0.3, -0.25) is 4.89 Å². The Morgan fingerprint density at radius 1 is 1.00 bits per heavy atom. The van der Waals surface area contributed by atoms with Gasteiger partial charge in [0, 0.05) is 0 Å². The molecule has 0 amide bonds. The van der Waals surface area contributed by atoms with Gasteiger partial charge in [0.2, 0.25) is 0 Å². The van der Waals surface area contributed by atoms with Gasteiger partial charge < -0.3 is 0 Å². The van der Waals surface area contributed by atoms with Gasteiger partial charge in [-0.25, -0.2) is 0 Å². The zero-order valence-electron chi connectivity index (χ0n) is 8.14. The monoisotopic (exact) mass is 177 g/mol. The minimum absolute atomic E-state index is 1.01. The first-order valence-corrected chi connectivity index (χ1v) is 7.07. The highest BCUT2D eigenvalue weighted by Crippen LogP contribution is 2.54. The predicted octanol–water partition coefficient (Wildman–Crippen LogP) is 3.14. The van der Waals surface area contributed by atoms with Crippen molar-refractivity contribution in [2.24, 2.45) is 0 Å². The molecule has 0 radical (unpaired) electrons. The molecule has 0 aromatic heterocycles. The van der Waals surface area contributed by atoms with Gasteiger partial charge in [0.05, 0.1) is 18.5 Å². The van der Waals surface area contributed by atoms with Crippen LogP contribution < -0.4 is 0 Å². The quantitative estimate of drug-likeness (QED) is 0.488. The molecule has 0 aliphatic carbocycles. The highest BCUT2D eigenvalue weighted by molar-refractivity contribution is 7.70. The number of rotatable bonds is 6. The molecular formula is C9H22OP+. The SMILES string of the molecule is CCCCC[P+](O)(CC)CC. The van der Waals surface area contributed by atoms with Crippen molar-refractivity contribution >= 4 is 7.49 Å². The molecule has 0 heterocycles. The van der Waals surface area contributed by atoms with E-state index in [0.717, 1.165) is 18.5 Å². The van der Waals surface area contributed by atoms with E-state index >= 15 is 0 Å². The molecule has 0 atom stereocenters. The summed E-state index contributed by atoms with van der Waals surface area (Å²) in [6.45, 7) is 6.43. The van der Waals surface area contributed by atoms with Crippen molar-refractivity contribution < 1.29 is 4.89 Å². The third kappa shape index (κ3) is 4.76. The molecule has 0 spiro atoms. The van der Waals surface area contributed by atoms with Gasteiger partial charge in [-0.15, -0.1) is 0 Å². The van der Waals surface area contributed by atoms with Gasteiger partial charge in [-0.05, 0) is 20.3 Å². The largest absolute Gasteiger partial charge is 0.252 e. The van der Waals surface area contributed by atoms with E-state index in [4.69, 9.17) is 0 Å². The van der Waals surface area contributed by atoms with Crippen LogP contribution in [-0.4, -0.2) is 23.4 Å². The van der Waals surface area contributed by atoms with Crippen molar-refractivity contribution in [2.75, 3.05) is 18.5 Å². The highest BCUT2D eigenvalue weighted by atomic mass is 31.2. The van der Waals surface area contributed by atoms with Crippen molar-refractivity contribution in [3.05, 3.63) is 0 Å². The van der Waals surface area contributed by atoms with E-state index in [2.05, 4.69) is 20.8 Å². The zero-order chi connectivity index (χ0) is 8.74. The van der Waals surface area contributed by atoms with Gasteiger partial charge in [0.25, 0.3) is 0 Å². The minimum Gasteiger partial charge on any atom is -0.252 e. The third-order valence-corrected chi connectivity index (χ3v) is 5.86. The van der Waals surface area contributed by atoms with E-state index in [1.165, 1.54) is 19.3 Å².